The molecule has 1 fully saturated rings. The number of anilines is 1. The molecule has 35 heavy (non-hydrogen) atoms. The van der Waals surface area contributed by atoms with Gasteiger partial charge in [-0.1, -0.05) is 32.4 Å². The molecule has 1 atom stereocenters. The number of carbonyl (C=O) groups is 1. The molecule has 0 unspecified atom stereocenters. The van der Waals surface area contributed by atoms with Crippen molar-refractivity contribution < 1.29 is 17.9 Å². The number of likely N-dealkylation sites (N-methyl/N-ethyl adjacent to an activating group) is 1. The van der Waals surface area contributed by atoms with Gasteiger partial charge in [0, 0.05) is 25.1 Å². The van der Waals surface area contributed by atoms with Crippen LogP contribution in [-0.2, 0) is 10.0 Å². The van der Waals surface area contributed by atoms with E-state index in [0.717, 1.165) is 50.2 Å². The van der Waals surface area contributed by atoms with Gasteiger partial charge in [0.05, 0.1) is 18.8 Å². The highest BCUT2D eigenvalue weighted by molar-refractivity contribution is 7.90. The van der Waals surface area contributed by atoms with Gasteiger partial charge in [0.25, 0.3) is 15.9 Å². The molecule has 2 aromatic carbocycles. The maximum absolute atomic E-state index is 13.1. The van der Waals surface area contributed by atoms with Gasteiger partial charge >= 0.3 is 0 Å². The molecule has 2 aliphatic heterocycles. The first-order valence-corrected chi connectivity index (χ1v) is 13.7. The summed E-state index contributed by atoms with van der Waals surface area (Å²) in [6, 6.07) is 12.7. The Morgan fingerprint density at radius 1 is 1.14 bits per heavy atom. The Labute approximate surface area is 208 Å². The summed E-state index contributed by atoms with van der Waals surface area (Å²) in [7, 11) is -2.21. The number of rotatable bonds is 8. The Hall–Kier alpha value is -2.91. The van der Waals surface area contributed by atoms with Gasteiger partial charge in [-0.3, -0.25) is 9.69 Å². The van der Waals surface area contributed by atoms with Gasteiger partial charge in [0.1, 0.15) is 16.5 Å². The van der Waals surface area contributed by atoms with E-state index in [1.807, 2.05) is 29.2 Å². The van der Waals surface area contributed by atoms with Crippen LogP contribution >= 0.6 is 0 Å². The molecule has 2 aromatic rings. The third-order valence-electron chi connectivity index (χ3n) is 6.80. The summed E-state index contributed by atoms with van der Waals surface area (Å²) in [5.74, 6) is 1.06. The van der Waals surface area contributed by atoms with Crippen molar-refractivity contribution in [3.63, 3.8) is 0 Å². The average Bonchev–Trinajstić information content (AvgIpc) is 3.11. The molecule has 9 heteroatoms. The number of methoxy groups -OCH3 is 1. The highest BCUT2D eigenvalue weighted by Crippen LogP contribution is 2.35. The van der Waals surface area contributed by atoms with Crippen LogP contribution in [0.5, 0.6) is 5.75 Å². The van der Waals surface area contributed by atoms with E-state index in [-0.39, 0.29) is 16.8 Å². The van der Waals surface area contributed by atoms with Crippen molar-refractivity contribution in [1.29, 1.82) is 0 Å². The van der Waals surface area contributed by atoms with E-state index in [1.54, 1.807) is 19.2 Å². The number of sulfonamides is 1. The van der Waals surface area contributed by atoms with E-state index in [4.69, 9.17) is 4.74 Å². The molecule has 2 heterocycles. The highest BCUT2D eigenvalue weighted by Gasteiger charge is 2.32. The monoisotopic (exact) mass is 498 g/mol. The maximum atomic E-state index is 13.1. The Bertz CT molecular complexity index is 1210. The van der Waals surface area contributed by atoms with Crippen LogP contribution < -0.4 is 15.0 Å². The highest BCUT2D eigenvalue weighted by atomic mass is 32.2. The minimum Gasteiger partial charge on any atom is -0.497 e. The van der Waals surface area contributed by atoms with Crippen molar-refractivity contribution in [2.24, 2.45) is 4.40 Å². The molecule has 1 amide bonds. The molecule has 1 N–H and O–H groups in total. The normalized spacial score (nSPS) is 17.6. The van der Waals surface area contributed by atoms with Crippen LogP contribution in [0.4, 0.5) is 5.69 Å². The lowest BCUT2D eigenvalue weighted by molar-refractivity contribution is 0.0934. The summed E-state index contributed by atoms with van der Waals surface area (Å²) in [6.07, 6.45) is 3.61. The second-order valence-corrected chi connectivity index (χ2v) is 10.4. The third kappa shape index (κ3) is 5.36. The first-order valence-electron chi connectivity index (χ1n) is 12.3. The summed E-state index contributed by atoms with van der Waals surface area (Å²) >= 11 is 0. The van der Waals surface area contributed by atoms with Crippen LogP contribution in [0, 0.1) is 0 Å². The zero-order chi connectivity index (χ0) is 25.0. The quantitative estimate of drug-likeness (QED) is 0.592. The predicted molar refractivity (Wildman–Crippen MR) is 138 cm³/mol. The van der Waals surface area contributed by atoms with Crippen molar-refractivity contribution in [3.05, 3.63) is 53.6 Å². The molecular weight excluding hydrogens is 464 g/mol. The zero-order valence-electron chi connectivity index (χ0n) is 20.7. The van der Waals surface area contributed by atoms with E-state index in [1.165, 1.54) is 6.07 Å². The fourth-order valence-electron chi connectivity index (χ4n) is 4.88. The standard InChI is InChI=1S/C26H34N4O4S/c1-4-29(5-2)23(19-10-9-11-21(16-19)34-3)18-27-26(31)20-13-14-22-24(17-20)35(32,33)28-25-12-7-6-8-15-30(22)25/h9-11,13-14,16-17,23H,4-8,12,15,18H2,1-3H3,(H,27,31)/t23-/m1/s1. The van der Waals surface area contributed by atoms with Crippen molar-refractivity contribution in [2.45, 2.75) is 50.5 Å². The van der Waals surface area contributed by atoms with Crippen LogP contribution in [0.3, 0.4) is 0 Å². The van der Waals surface area contributed by atoms with Crippen LogP contribution in [0.2, 0.25) is 0 Å². The first-order chi connectivity index (χ1) is 16.9. The SMILES string of the molecule is CCN(CC)[C@H](CNC(=O)c1ccc2c(c1)S(=O)(=O)N=C1CCCCCN12)c1cccc(OC)c1. The van der Waals surface area contributed by atoms with Crippen LogP contribution in [0.15, 0.2) is 51.8 Å². The zero-order valence-corrected chi connectivity index (χ0v) is 21.5. The van der Waals surface area contributed by atoms with Gasteiger partial charge in [-0.25, -0.2) is 0 Å². The third-order valence-corrected chi connectivity index (χ3v) is 8.13. The Balaban J connectivity index is 1.57. The van der Waals surface area contributed by atoms with Crippen LogP contribution in [0.25, 0.3) is 0 Å². The van der Waals surface area contributed by atoms with E-state index in [2.05, 4.69) is 28.5 Å². The number of ether oxygens (including phenoxy) is 1. The lowest BCUT2D eigenvalue weighted by Gasteiger charge is -2.31. The fourth-order valence-corrected chi connectivity index (χ4v) is 6.17. The summed E-state index contributed by atoms with van der Waals surface area (Å²) in [5, 5.41) is 3.02. The van der Waals surface area contributed by atoms with Crippen molar-refractivity contribution in [2.75, 3.05) is 38.2 Å². The number of fused-ring (bicyclic) bond motifs is 3. The van der Waals surface area contributed by atoms with Crippen molar-refractivity contribution in [3.8, 4) is 5.75 Å². The molecule has 4 rings (SSSR count). The average molecular weight is 499 g/mol. The lowest BCUT2D eigenvalue weighted by Crippen LogP contribution is -2.38. The molecule has 0 aromatic heterocycles. The van der Waals surface area contributed by atoms with E-state index >= 15 is 0 Å². The topological polar surface area (TPSA) is 91.3 Å². The first kappa shape index (κ1) is 25.2. The molecule has 188 valence electrons. The number of amidine groups is 1. The molecule has 8 nitrogen and oxygen atoms in total. The number of carbonyl (C=O) groups excluding carboxylic acids is 1. The van der Waals surface area contributed by atoms with Crippen molar-refractivity contribution >= 4 is 27.5 Å². The largest absolute Gasteiger partial charge is 0.497 e. The molecule has 0 bridgehead atoms. The minimum atomic E-state index is -3.84. The summed E-state index contributed by atoms with van der Waals surface area (Å²) in [5.41, 5.74) is 1.97. The number of hydrogen-bond donors (Lipinski definition) is 1. The number of amides is 1. The van der Waals surface area contributed by atoms with E-state index in [9.17, 15) is 13.2 Å². The molecule has 2 aliphatic rings. The second kappa shape index (κ2) is 10.8. The van der Waals surface area contributed by atoms with Gasteiger partial charge in [-0.2, -0.15) is 8.42 Å². The number of hydrogen-bond acceptors (Lipinski definition) is 6. The van der Waals surface area contributed by atoms with E-state index < -0.39 is 10.0 Å². The molecule has 0 aliphatic carbocycles. The number of nitrogens with one attached hydrogen (secondary N) is 1. The van der Waals surface area contributed by atoms with Gasteiger partial charge in [0.15, 0.2) is 0 Å². The Kier molecular flexibility index (Phi) is 7.76. The lowest BCUT2D eigenvalue weighted by atomic mass is 10.0. The Morgan fingerprint density at radius 3 is 2.69 bits per heavy atom. The molecular formula is C26H34N4O4S. The van der Waals surface area contributed by atoms with E-state index in [0.29, 0.717) is 30.1 Å². The van der Waals surface area contributed by atoms with Crippen LogP contribution in [0.1, 0.15) is 61.5 Å². The van der Waals surface area contributed by atoms with Gasteiger partial charge in [-0.05, 0) is 61.8 Å². The minimum absolute atomic E-state index is 0.0466. The van der Waals surface area contributed by atoms with Gasteiger partial charge < -0.3 is 15.0 Å². The van der Waals surface area contributed by atoms with Crippen molar-refractivity contribution in [1.82, 2.24) is 10.2 Å². The number of benzene rings is 2. The Morgan fingerprint density at radius 2 is 1.94 bits per heavy atom. The summed E-state index contributed by atoms with van der Waals surface area (Å²) in [6.45, 7) is 6.93. The van der Waals surface area contributed by atoms with Gasteiger partial charge in [0.2, 0.25) is 0 Å². The second-order valence-electron chi connectivity index (χ2n) is 8.85. The molecule has 0 saturated carbocycles. The molecule has 1 saturated heterocycles. The predicted octanol–water partition coefficient (Wildman–Crippen LogP) is 3.99. The summed E-state index contributed by atoms with van der Waals surface area (Å²) < 4.78 is 35.3. The maximum Gasteiger partial charge on any atom is 0.286 e. The molecule has 0 spiro atoms. The fraction of sp³-hybridized carbons (Fsp3) is 0.462. The van der Waals surface area contributed by atoms with Gasteiger partial charge in [-0.15, -0.1) is 4.40 Å². The summed E-state index contributed by atoms with van der Waals surface area (Å²) in [4.78, 5) is 17.5. The van der Waals surface area contributed by atoms with Crippen LogP contribution in [-0.4, -0.2) is 58.3 Å². The number of nitrogens with zero attached hydrogens (tertiary/aromatic N) is 3. The molecule has 0 radical (unpaired) electrons. The smallest absolute Gasteiger partial charge is 0.286 e.